The van der Waals surface area contributed by atoms with Crippen LogP contribution >= 0.6 is 0 Å². The van der Waals surface area contributed by atoms with Gasteiger partial charge in [0.1, 0.15) is 0 Å². The van der Waals surface area contributed by atoms with E-state index in [1.54, 1.807) is 12.4 Å². The van der Waals surface area contributed by atoms with Crippen molar-refractivity contribution in [2.75, 3.05) is 75.2 Å². The van der Waals surface area contributed by atoms with Gasteiger partial charge in [-0.1, -0.05) is 11.8 Å². The normalized spacial score (nSPS) is 19.8. The molecule has 6 heteroatoms. The zero-order chi connectivity index (χ0) is 16.8. The molecule has 6 nitrogen and oxygen atoms in total. The number of aromatic nitrogens is 2. The van der Waals surface area contributed by atoms with Crippen LogP contribution in [0, 0.1) is 24.7 Å². The van der Waals surface area contributed by atoms with Crippen molar-refractivity contribution < 1.29 is 0 Å². The molecule has 0 amide bonds. The van der Waals surface area contributed by atoms with Crippen LogP contribution in [0.25, 0.3) is 0 Å². The number of anilines is 2. The standard InChI is InChI=1S/C18H24N6/c1-3-7-21-9-13-23(14-10-21)17-18(20-6-5-19-17)24-15-11-22(8-4-2)12-16-24/h1-2,5-6H,7-16H2. The van der Waals surface area contributed by atoms with Crippen LogP contribution in [0.1, 0.15) is 0 Å². The lowest BCUT2D eigenvalue weighted by Crippen LogP contribution is -2.49. The molecule has 2 aliphatic heterocycles. The van der Waals surface area contributed by atoms with Crippen LogP contribution < -0.4 is 9.80 Å². The van der Waals surface area contributed by atoms with E-state index in [9.17, 15) is 0 Å². The topological polar surface area (TPSA) is 38.7 Å². The molecule has 1 aromatic heterocycles. The molecule has 0 radical (unpaired) electrons. The molecule has 3 rings (SSSR count). The molecule has 0 unspecified atom stereocenters. The number of rotatable bonds is 4. The number of hydrogen-bond acceptors (Lipinski definition) is 6. The van der Waals surface area contributed by atoms with Gasteiger partial charge in [-0.05, 0) is 0 Å². The zero-order valence-electron chi connectivity index (χ0n) is 14.1. The third kappa shape index (κ3) is 3.79. The van der Waals surface area contributed by atoms with Crippen molar-refractivity contribution in [1.82, 2.24) is 19.8 Å². The van der Waals surface area contributed by atoms with Gasteiger partial charge in [-0.15, -0.1) is 12.8 Å². The molecule has 0 aliphatic carbocycles. The highest BCUT2D eigenvalue weighted by atomic mass is 15.3. The largest absolute Gasteiger partial charge is 0.351 e. The van der Waals surface area contributed by atoms with E-state index in [0.29, 0.717) is 0 Å². The van der Waals surface area contributed by atoms with Crippen molar-refractivity contribution >= 4 is 11.6 Å². The minimum atomic E-state index is 0.721. The Morgan fingerprint density at radius 2 is 1.08 bits per heavy atom. The average Bonchev–Trinajstić information content (AvgIpc) is 2.64. The van der Waals surface area contributed by atoms with E-state index in [1.807, 2.05) is 0 Å². The van der Waals surface area contributed by atoms with Crippen LogP contribution in [-0.2, 0) is 0 Å². The van der Waals surface area contributed by atoms with Crippen LogP contribution in [0.5, 0.6) is 0 Å². The van der Waals surface area contributed by atoms with Crippen LogP contribution in [-0.4, -0.2) is 85.2 Å². The molecule has 126 valence electrons. The lowest BCUT2D eigenvalue weighted by atomic mass is 10.2. The summed E-state index contributed by atoms with van der Waals surface area (Å²) in [6.45, 7) is 9.05. The van der Waals surface area contributed by atoms with Crippen LogP contribution in [0.15, 0.2) is 12.4 Å². The fourth-order valence-electron chi connectivity index (χ4n) is 3.26. The molecule has 0 atom stereocenters. The molecule has 24 heavy (non-hydrogen) atoms. The van der Waals surface area contributed by atoms with Crippen molar-refractivity contribution in [1.29, 1.82) is 0 Å². The van der Waals surface area contributed by atoms with Gasteiger partial charge in [-0.25, -0.2) is 9.97 Å². The van der Waals surface area contributed by atoms with Gasteiger partial charge in [0.15, 0.2) is 11.6 Å². The molecule has 0 N–H and O–H groups in total. The lowest BCUT2D eigenvalue weighted by Gasteiger charge is -2.38. The molecular formula is C18H24N6. The number of nitrogens with zero attached hydrogens (tertiary/aromatic N) is 6. The third-order valence-corrected chi connectivity index (χ3v) is 4.63. The molecule has 2 aliphatic rings. The van der Waals surface area contributed by atoms with Gasteiger partial charge in [0.2, 0.25) is 0 Å². The molecule has 0 aromatic carbocycles. The van der Waals surface area contributed by atoms with Gasteiger partial charge < -0.3 is 9.80 Å². The molecule has 1 aromatic rings. The number of hydrogen-bond donors (Lipinski definition) is 0. The first-order chi connectivity index (χ1) is 11.8. The summed E-state index contributed by atoms with van der Waals surface area (Å²) in [6, 6.07) is 0. The molecular weight excluding hydrogens is 300 g/mol. The molecule has 2 saturated heterocycles. The van der Waals surface area contributed by atoms with Crippen LogP contribution in [0.3, 0.4) is 0 Å². The summed E-state index contributed by atoms with van der Waals surface area (Å²) in [4.78, 5) is 18.5. The summed E-state index contributed by atoms with van der Waals surface area (Å²) in [7, 11) is 0. The highest BCUT2D eigenvalue weighted by molar-refractivity contribution is 5.62. The van der Waals surface area contributed by atoms with Gasteiger partial charge in [-0.2, -0.15) is 0 Å². The van der Waals surface area contributed by atoms with E-state index in [0.717, 1.165) is 77.1 Å². The van der Waals surface area contributed by atoms with Gasteiger partial charge in [-0.3, -0.25) is 9.80 Å². The summed E-state index contributed by atoms with van der Waals surface area (Å²) >= 11 is 0. The second-order valence-electron chi connectivity index (χ2n) is 6.14. The minimum Gasteiger partial charge on any atom is -0.351 e. The molecule has 2 fully saturated rings. The lowest BCUT2D eigenvalue weighted by molar-refractivity contribution is 0.284. The summed E-state index contributed by atoms with van der Waals surface area (Å²) in [5.41, 5.74) is 0. The van der Waals surface area contributed by atoms with E-state index in [-0.39, 0.29) is 0 Å². The van der Waals surface area contributed by atoms with E-state index >= 15 is 0 Å². The molecule has 3 heterocycles. The van der Waals surface area contributed by atoms with Crippen LogP contribution in [0.2, 0.25) is 0 Å². The molecule has 0 bridgehead atoms. The van der Waals surface area contributed by atoms with E-state index in [4.69, 9.17) is 12.8 Å². The first kappa shape index (κ1) is 16.6. The summed E-state index contributed by atoms with van der Waals surface area (Å²) in [5.74, 6) is 7.42. The second kappa shape index (κ2) is 8.01. The van der Waals surface area contributed by atoms with E-state index in [1.165, 1.54) is 0 Å². The molecule has 0 saturated carbocycles. The third-order valence-electron chi connectivity index (χ3n) is 4.63. The maximum Gasteiger partial charge on any atom is 0.172 e. The van der Waals surface area contributed by atoms with Crippen molar-refractivity contribution in [3.63, 3.8) is 0 Å². The smallest absolute Gasteiger partial charge is 0.172 e. The van der Waals surface area contributed by atoms with E-state index in [2.05, 4.69) is 41.4 Å². The van der Waals surface area contributed by atoms with Gasteiger partial charge in [0.25, 0.3) is 0 Å². The van der Waals surface area contributed by atoms with Gasteiger partial charge in [0.05, 0.1) is 13.1 Å². The quantitative estimate of drug-likeness (QED) is 0.725. The predicted molar refractivity (Wildman–Crippen MR) is 97.0 cm³/mol. The second-order valence-corrected chi connectivity index (χ2v) is 6.14. The monoisotopic (exact) mass is 324 g/mol. The Morgan fingerprint density at radius 3 is 1.42 bits per heavy atom. The Hall–Kier alpha value is -2.28. The minimum absolute atomic E-state index is 0.721. The number of terminal acetylenes is 2. The number of piperazine rings is 2. The predicted octanol–water partition coefficient (Wildman–Crippen LogP) is -0.0130. The highest BCUT2D eigenvalue weighted by Gasteiger charge is 2.25. The SMILES string of the molecule is C#CCN1CCN(c2nccnc2N2CCN(CC#C)CC2)CC1. The van der Waals surface area contributed by atoms with Crippen molar-refractivity contribution in [2.45, 2.75) is 0 Å². The van der Waals surface area contributed by atoms with Crippen LogP contribution in [0.4, 0.5) is 11.6 Å². The Balaban J connectivity index is 1.66. The van der Waals surface area contributed by atoms with Gasteiger partial charge >= 0.3 is 0 Å². The fraction of sp³-hybridized carbons (Fsp3) is 0.556. The first-order valence-electron chi connectivity index (χ1n) is 8.44. The maximum atomic E-state index is 5.41. The molecule has 0 spiro atoms. The van der Waals surface area contributed by atoms with Crippen molar-refractivity contribution in [3.05, 3.63) is 12.4 Å². The Morgan fingerprint density at radius 1 is 0.708 bits per heavy atom. The van der Waals surface area contributed by atoms with Crippen molar-refractivity contribution in [2.24, 2.45) is 0 Å². The zero-order valence-corrected chi connectivity index (χ0v) is 14.1. The summed E-state index contributed by atoms with van der Waals surface area (Å²) in [6.07, 6.45) is 14.4. The fourth-order valence-corrected chi connectivity index (χ4v) is 3.26. The average molecular weight is 324 g/mol. The Bertz CT molecular complexity index is 560. The first-order valence-corrected chi connectivity index (χ1v) is 8.44. The Labute approximate surface area is 144 Å². The van der Waals surface area contributed by atoms with Crippen molar-refractivity contribution in [3.8, 4) is 24.7 Å². The highest BCUT2D eigenvalue weighted by Crippen LogP contribution is 2.26. The van der Waals surface area contributed by atoms with E-state index < -0.39 is 0 Å². The van der Waals surface area contributed by atoms with Gasteiger partial charge in [0, 0.05) is 64.8 Å². The maximum absolute atomic E-state index is 5.41. The summed E-state index contributed by atoms with van der Waals surface area (Å²) in [5, 5.41) is 0. The summed E-state index contributed by atoms with van der Waals surface area (Å²) < 4.78 is 0. The Kier molecular flexibility index (Phi) is 5.53.